The number of ketones is 1. The van der Waals surface area contributed by atoms with Gasteiger partial charge in [-0.1, -0.05) is 47.5 Å². The SMILES string of the molecule is Cc1ccc(C(=O)CC(=O)NS(=O)(=O)c2ccc(C)cc2)cc1. The van der Waals surface area contributed by atoms with Crippen molar-refractivity contribution in [3.05, 3.63) is 65.2 Å². The first kappa shape index (κ1) is 16.9. The predicted octanol–water partition coefficient (Wildman–Crippen LogP) is 2.38. The van der Waals surface area contributed by atoms with E-state index in [4.69, 9.17) is 0 Å². The average Bonchev–Trinajstić information content (AvgIpc) is 2.47. The molecule has 6 heteroatoms. The van der Waals surface area contributed by atoms with Crippen molar-refractivity contribution in [3.63, 3.8) is 0 Å². The van der Waals surface area contributed by atoms with Gasteiger partial charge in [0, 0.05) is 5.56 Å². The van der Waals surface area contributed by atoms with Crippen molar-refractivity contribution in [2.75, 3.05) is 0 Å². The molecule has 0 atom stereocenters. The van der Waals surface area contributed by atoms with Gasteiger partial charge in [-0.15, -0.1) is 0 Å². The van der Waals surface area contributed by atoms with E-state index in [2.05, 4.69) is 0 Å². The summed E-state index contributed by atoms with van der Waals surface area (Å²) >= 11 is 0. The van der Waals surface area contributed by atoms with Crippen LogP contribution in [0.1, 0.15) is 27.9 Å². The second kappa shape index (κ2) is 6.75. The number of amides is 1. The number of rotatable bonds is 5. The predicted molar refractivity (Wildman–Crippen MR) is 86.6 cm³/mol. The highest BCUT2D eigenvalue weighted by Crippen LogP contribution is 2.11. The lowest BCUT2D eigenvalue weighted by molar-refractivity contribution is -0.118. The second-order valence-corrected chi connectivity index (χ2v) is 6.99. The maximum Gasteiger partial charge on any atom is 0.264 e. The van der Waals surface area contributed by atoms with Gasteiger partial charge in [0.1, 0.15) is 0 Å². The number of hydrogen-bond acceptors (Lipinski definition) is 4. The van der Waals surface area contributed by atoms with E-state index in [0.717, 1.165) is 11.1 Å². The molecule has 0 spiro atoms. The van der Waals surface area contributed by atoms with Crippen molar-refractivity contribution >= 4 is 21.7 Å². The van der Waals surface area contributed by atoms with E-state index in [-0.39, 0.29) is 4.90 Å². The fourth-order valence-corrected chi connectivity index (χ4v) is 2.93. The molecule has 0 fully saturated rings. The van der Waals surface area contributed by atoms with Crippen LogP contribution in [-0.4, -0.2) is 20.1 Å². The fourth-order valence-electron chi connectivity index (χ4n) is 1.95. The minimum Gasteiger partial charge on any atom is -0.294 e. The zero-order valence-corrected chi connectivity index (χ0v) is 13.7. The molecule has 0 aromatic heterocycles. The van der Waals surface area contributed by atoms with Crippen LogP contribution in [0.15, 0.2) is 53.4 Å². The smallest absolute Gasteiger partial charge is 0.264 e. The van der Waals surface area contributed by atoms with Crippen molar-refractivity contribution in [1.82, 2.24) is 4.72 Å². The Bertz CT molecular complexity index is 822. The van der Waals surface area contributed by atoms with Crippen LogP contribution >= 0.6 is 0 Å². The van der Waals surface area contributed by atoms with Crippen LogP contribution < -0.4 is 4.72 Å². The van der Waals surface area contributed by atoms with Crippen LogP contribution in [0.4, 0.5) is 0 Å². The molecule has 1 amide bonds. The van der Waals surface area contributed by atoms with Crippen LogP contribution in [0, 0.1) is 13.8 Å². The third-order valence-corrected chi connectivity index (χ3v) is 4.66. The molecule has 0 unspecified atom stereocenters. The summed E-state index contributed by atoms with van der Waals surface area (Å²) in [6.45, 7) is 3.71. The van der Waals surface area contributed by atoms with Crippen molar-refractivity contribution in [1.29, 1.82) is 0 Å². The fraction of sp³-hybridized carbons (Fsp3) is 0.176. The minimum atomic E-state index is -3.96. The third kappa shape index (κ3) is 4.50. The van der Waals surface area contributed by atoms with Crippen molar-refractivity contribution in [3.8, 4) is 0 Å². The number of benzene rings is 2. The molecular formula is C17H17NO4S. The maximum atomic E-state index is 12.1. The van der Waals surface area contributed by atoms with Gasteiger partial charge in [-0.2, -0.15) is 0 Å². The molecule has 0 radical (unpaired) electrons. The highest BCUT2D eigenvalue weighted by atomic mass is 32.2. The standard InChI is InChI=1S/C17H17NO4S/c1-12-3-7-14(8-4-12)16(19)11-17(20)18-23(21,22)15-9-5-13(2)6-10-15/h3-10H,11H2,1-2H3,(H,18,20). The summed E-state index contributed by atoms with van der Waals surface area (Å²) in [7, 11) is -3.96. The van der Waals surface area contributed by atoms with Gasteiger partial charge >= 0.3 is 0 Å². The highest BCUT2D eigenvalue weighted by Gasteiger charge is 2.20. The highest BCUT2D eigenvalue weighted by molar-refractivity contribution is 7.90. The molecule has 0 heterocycles. The van der Waals surface area contributed by atoms with Gasteiger partial charge < -0.3 is 0 Å². The molecule has 0 saturated carbocycles. The summed E-state index contributed by atoms with van der Waals surface area (Å²) in [5.74, 6) is -1.28. The second-order valence-electron chi connectivity index (χ2n) is 5.31. The zero-order valence-electron chi connectivity index (χ0n) is 12.9. The Labute approximate surface area is 135 Å². The van der Waals surface area contributed by atoms with E-state index in [1.165, 1.54) is 12.1 Å². The summed E-state index contributed by atoms with van der Waals surface area (Å²) in [4.78, 5) is 23.8. The summed E-state index contributed by atoms with van der Waals surface area (Å²) < 4.78 is 26.1. The normalized spacial score (nSPS) is 11.0. The van der Waals surface area contributed by atoms with Gasteiger partial charge in [-0.05, 0) is 26.0 Å². The van der Waals surface area contributed by atoms with E-state index >= 15 is 0 Å². The van der Waals surface area contributed by atoms with Crippen molar-refractivity contribution in [2.45, 2.75) is 25.2 Å². The Hall–Kier alpha value is -2.47. The number of hydrogen-bond donors (Lipinski definition) is 1. The van der Waals surface area contributed by atoms with E-state index in [1.54, 1.807) is 36.4 Å². The van der Waals surface area contributed by atoms with Gasteiger partial charge in [-0.3, -0.25) is 9.59 Å². The summed E-state index contributed by atoms with van der Waals surface area (Å²) in [6, 6.07) is 12.8. The van der Waals surface area contributed by atoms with E-state index in [0.29, 0.717) is 5.56 Å². The number of carbonyl (C=O) groups is 2. The summed E-state index contributed by atoms with van der Waals surface area (Å²) in [5, 5.41) is 0. The molecule has 5 nitrogen and oxygen atoms in total. The Kier molecular flexibility index (Phi) is 4.95. The lowest BCUT2D eigenvalue weighted by Crippen LogP contribution is -2.32. The Morgan fingerprint density at radius 2 is 1.35 bits per heavy atom. The molecule has 120 valence electrons. The topological polar surface area (TPSA) is 80.3 Å². The van der Waals surface area contributed by atoms with Gasteiger partial charge in [-0.25, -0.2) is 13.1 Å². The summed E-state index contributed by atoms with van der Waals surface area (Å²) in [5.41, 5.74) is 2.27. The molecule has 2 aromatic rings. The van der Waals surface area contributed by atoms with E-state index in [9.17, 15) is 18.0 Å². The first-order chi connectivity index (χ1) is 10.8. The molecule has 0 aliphatic heterocycles. The Morgan fingerprint density at radius 1 is 0.870 bits per heavy atom. The van der Waals surface area contributed by atoms with Crippen molar-refractivity contribution < 1.29 is 18.0 Å². The molecule has 0 aliphatic carbocycles. The third-order valence-electron chi connectivity index (χ3n) is 3.27. The molecule has 23 heavy (non-hydrogen) atoms. The van der Waals surface area contributed by atoms with Crippen LogP contribution in [0.25, 0.3) is 0 Å². The average molecular weight is 331 g/mol. The van der Waals surface area contributed by atoms with E-state index < -0.39 is 28.1 Å². The molecule has 0 saturated heterocycles. The molecule has 2 rings (SSSR count). The van der Waals surface area contributed by atoms with Gasteiger partial charge in [0.25, 0.3) is 10.0 Å². The number of Topliss-reactive ketones (excluding diaryl/α,β-unsaturated/α-hetero) is 1. The van der Waals surface area contributed by atoms with Crippen molar-refractivity contribution in [2.24, 2.45) is 0 Å². The molecule has 1 N–H and O–H groups in total. The monoisotopic (exact) mass is 331 g/mol. The van der Waals surface area contributed by atoms with Gasteiger partial charge in [0.15, 0.2) is 5.78 Å². The lowest BCUT2D eigenvalue weighted by atomic mass is 10.1. The summed E-state index contributed by atoms with van der Waals surface area (Å²) in [6.07, 6.45) is -0.520. The van der Waals surface area contributed by atoms with Crippen LogP contribution in [0.2, 0.25) is 0 Å². The Balaban J connectivity index is 2.05. The lowest BCUT2D eigenvalue weighted by Gasteiger charge is -2.07. The molecule has 0 aliphatic rings. The molecular weight excluding hydrogens is 314 g/mol. The minimum absolute atomic E-state index is 0.0146. The number of aryl methyl sites for hydroxylation is 2. The van der Waals surface area contributed by atoms with Gasteiger partial charge in [0.05, 0.1) is 11.3 Å². The maximum absolute atomic E-state index is 12.1. The largest absolute Gasteiger partial charge is 0.294 e. The Morgan fingerprint density at radius 3 is 1.87 bits per heavy atom. The zero-order chi connectivity index (χ0) is 17.0. The first-order valence-electron chi connectivity index (χ1n) is 7.00. The molecule has 2 aromatic carbocycles. The van der Waals surface area contributed by atoms with Gasteiger partial charge in [0.2, 0.25) is 5.91 Å². The quantitative estimate of drug-likeness (QED) is 0.674. The number of sulfonamides is 1. The van der Waals surface area contributed by atoms with E-state index in [1.807, 2.05) is 18.6 Å². The van der Waals surface area contributed by atoms with Crippen LogP contribution in [-0.2, 0) is 14.8 Å². The van der Waals surface area contributed by atoms with Crippen LogP contribution in [0.5, 0.6) is 0 Å². The van der Waals surface area contributed by atoms with Crippen LogP contribution in [0.3, 0.4) is 0 Å². The molecule has 0 bridgehead atoms. The number of carbonyl (C=O) groups excluding carboxylic acids is 2. The first-order valence-corrected chi connectivity index (χ1v) is 8.48. The number of nitrogens with one attached hydrogen (secondary N) is 1.